The number of hydrogen-bond donors (Lipinski definition) is 4. The fourth-order valence-corrected chi connectivity index (χ4v) is 3.03. The predicted octanol–water partition coefficient (Wildman–Crippen LogP) is 3.44. The van der Waals surface area contributed by atoms with Crippen molar-refractivity contribution < 1.29 is 33.8 Å². The van der Waals surface area contributed by atoms with Gasteiger partial charge in [-0.1, -0.05) is 12.8 Å². The first-order valence-corrected chi connectivity index (χ1v) is 11.2. The average Bonchev–Trinajstić information content (AvgIpc) is 3.21. The summed E-state index contributed by atoms with van der Waals surface area (Å²) >= 11 is 0. The highest BCUT2D eigenvalue weighted by atomic mass is 16.6. The van der Waals surface area contributed by atoms with Crippen molar-refractivity contribution in [1.82, 2.24) is 10.6 Å². The molecule has 0 fully saturated rings. The summed E-state index contributed by atoms with van der Waals surface area (Å²) in [5.74, 6) is 9.51. The number of carbonyl (C=O) groups is 3. The van der Waals surface area contributed by atoms with Crippen molar-refractivity contribution in [3.05, 3.63) is 53.0 Å². The van der Waals surface area contributed by atoms with Crippen LogP contribution in [0.2, 0.25) is 0 Å². The highest BCUT2D eigenvalue weighted by molar-refractivity contribution is 5.99. The van der Waals surface area contributed by atoms with Crippen LogP contribution in [0.15, 0.2) is 34.7 Å². The maximum atomic E-state index is 12.7. The van der Waals surface area contributed by atoms with Crippen LogP contribution in [0.3, 0.4) is 0 Å². The average molecular weight is 495 g/mol. The normalized spacial score (nSPS) is 11.7. The van der Waals surface area contributed by atoms with E-state index in [2.05, 4.69) is 34.3 Å². The second kappa shape index (κ2) is 11.4. The van der Waals surface area contributed by atoms with E-state index in [4.69, 9.17) is 9.15 Å². The van der Waals surface area contributed by atoms with Gasteiger partial charge in [-0.2, -0.15) is 0 Å². The molecule has 0 aliphatic heterocycles. The molecule has 1 aromatic carbocycles. The lowest BCUT2D eigenvalue weighted by Gasteiger charge is -2.33. The van der Waals surface area contributed by atoms with Crippen molar-refractivity contribution >= 4 is 18.0 Å². The number of hydrogen-bond acceptors (Lipinski definition) is 6. The summed E-state index contributed by atoms with van der Waals surface area (Å²) in [6.07, 6.45) is -0.0722. The fraction of sp³-hybridized carbons (Fsp3) is 0.370. The van der Waals surface area contributed by atoms with E-state index in [0.717, 1.165) is 12.2 Å². The largest absolute Gasteiger partial charge is 0.507 e. The molecule has 1 aromatic heterocycles. The molecule has 0 saturated carbocycles. The number of ether oxygens (including phenoxy) is 1. The van der Waals surface area contributed by atoms with Crippen LogP contribution in [0.5, 0.6) is 5.75 Å². The number of carbonyl (C=O) groups excluding carboxylic acids is 2. The Morgan fingerprint density at radius 1 is 1.06 bits per heavy atom. The highest BCUT2D eigenvalue weighted by Crippen LogP contribution is 2.20. The van der Waals surface area contributed by atoms with E-state index in [1.54, 1.807) is 26.8 Å². The Bertz CT molecular complexity index is 1260. The molecule has 9 nitrogen and oxygen atoms in total. The van der Waals surface area contributed by atoms with Gasteiger partial charge in [-0.15, -0.1) is 0 Å². The first-order chi connectivity index (χ1) is 16.7. The third-order valence-electron chi connectivity index (χ3n) is 4.77. The van der Waals surface area contributed by atoms with Gasteiger partial charge < -0.3 is 30.0 Å². The number of rotatable bonds is 6. The Balaban J connectivity index is 2.13. The monoisotopic (exact) mass is 494 g/mol. The zero-order valence-corrected chi connectivity index (χ0v) is 21.1. The van der Waals surface area contributed by atoms with E-state index in [-0.39, 0.29) is 5.56 Å². The van der Waals surface area contributed by atoms with E-state index in [9.17, 15) is 24.6 Å². The zero-order valence-electron chi connectivity index (χ0n) is 21.1. The Kier molecular flexibility index (Phi) is 8.80. The third-order valence-corrected chi connectivity index (χ3v) is 4.77. The highest BCUT2D eigenvalue weighted by Gasteiger charge is 2.39. The maximum Gasteiger partial charge on any atom is 0.408 e. The number of phenolic OH excluding ortho intramolecular Hbond substituents is 1. The molecule has 36 heavy (non-hydrogen) atoms. The first kappa shape index (κ1) is 27.9. The molecule has 2 aromatic rings. The summed E-state index contributed by atoms with van der Waals surface area (Å²) in [7, 11) is 0. The Hall–Kier alpha value is -4.37. The summed E-state index contributed by atoms with van der Waals surface area (Å²) in [6.45, 7) is 9.83. The van der Waals surface area contributed by atoms with Gasteiger partial charge in [0.25, 0.3) is 5.91 Å². The van der Waals surface area contributed by atoms with Crippen LogP contribution in [-0.2, 0) is 16.0 Å². The number of furan rings is 1. The summed E-state index contributed by atoms with van der Waals surface area (Å²) in [5, 5.41) is 24.8. The van der Waals surface area contributed by atoms with Crippen molar-refractivity contribution in [2.75, 3.05) is 0 Å². The van der Waals surface area contributed by atoms with E-state index in [0.29, 0.717) is 11.3 Å². The van der Waals surface area contributed by atoms with Crippen molar-refractivity contribution in [1.29, 1.82) is 0 Å². The van der Waals surface area contributed by atoms with Gasteiger partial charge in [0.05, 0.1) is 11.1 Å². The van der Waals surface area contributed by atoms with Crippen molar-refractivity contribution in [2.24, 2.45) is 0 Å². The van der Waals surface area contributed by atoms with Crippen LogP contribution in [0.4, 0.5) is 4.79 Å². The molecule has 0 radical (unpaired) electrons. The van der Waals surface area contributed by atoms with Gasteiger partial charge in [-0.05, 0) is 82.7 Å². The minimum atomic E-state index is -1.53. The lowest BCUT2D eigenvalue weighted by molar-refractivity contribution is -0.141. The van der Waals surface area contributed by atoms with E-state index in [1.807, 2.05) is 13.0 Å². The Labute approximate surface area is 210 Å². The number of aryl methyl sites for hydroxylation is 1. The van der Waals surface area contributed by atoms with Crippen molar-refractivity contribution in [3.63, 3.8) is 0 Å². The van der Waals surface area contributed by atoms with Gasteiger partial charge in [0.2, 0.25) is 0 Å². The number of alkyl carbamates (subject to hydrolysis) is 1. The van der Waals surface area contributed by atoms with Gasteiger partial charge in [0.1, 0.15) is 23.2 Å². The SMILES string of the molecule is CCc1ccc(C#CC#Cc2ccc(C(=O)NC(C(=O)O)C(C)(C)NC(=O)OC(C)(C)C)c(O)c2)o1. The second-order valence-electron chi connectivity index (χ2n) is 9.44. The minimum Gasteiger partial charge on any atom is -0.507 e. The standard InChI is InChI=1S/C27H30N2O7/c1-7-18-13-14-19(35-18)11-9-8-10-17-12-15-20(21(30)16-17)23(31)28-22(24(32)33)27(5,6)29-25(34)36-26(2,3)4/h12-16,22,30H,7H2,1-6H3,(H,28,31)(H,29,34)(H,32,33). The molecule has 0 spiro atoms. The molecular formula is C27H30N2O7. The number of aromatic hydroxyl groups is 1. The van der Waals surface area contributed by atoms with Crippen molar-refractivity contribution in [2.45, 2.75) is 65.1 Å². The molecule has 190 valence electrons. The molecule has 1 heterocycles. The number of carboxylic acid groups (broad SMARTS) is 1. The number of carboxylic acids is 1. The number of benzene rings is 1. The molecule has 2 amide bonds. The molecule has 1 atom stereocenters. The topological polar surface area (TPSA) is 138 Å². The van der Waals surface area contributed by atoms with Gasteiger partial charge >= 0.3 is 12.1 Å². The lowest BCUT2D eigenvalue weighted by Crippen LogP contribution is -2.62. The number of nitrogens with one attached hydrogen (secondary N) is 2. The smallest absolute Gasteiger partial charge is 0.408 e. The fourth-order valence-electron chi connectivity index (χ4n) is 3.03. The van der Waals surface area contributed by atoms with Gasteiger partial charge in [0, 0.05) is 12.0 Å². The predicted molar refractivity (Wildman–Crippen MR) is 132 cm³/mol. The van der Waals surface area contributed by atoms with Crippen molar-refractivity contribution in [3.8, 4) is 29.4 Å². The van der Waals surface area contributed by atoms with Crippen LogP contribution in [0.25, 0.3) is 0 Å². The van der Waals surface area contributed by atoms with Crippen LogP contribution in [-0.4, -0.2) is 45.4 Å². The van der Waals surface area contributed by atoms with E-state index in [1.165, 1.54) is 32.0 Å². The number of aliphatic carboxylic acids is 1. The molecule has 2 rings (SSSR count). The molecule has 1 unspecified atom stereocenters. The zero-order chi connectivity index (χ0) is 27.1. The summed E-state index contributed by atoms with van der Waals surface area (Å²) in [6, 6.07) is 6.14. The summed E-state index contributed by atoms with van der Waals surface area (Å²) in [5.41, 5.74) is -1.97. The van der Waals surface area contributed by atoms with Gasteiger partial charge in [-0.25, -0.2) is 9.59 Å². The number of phenols is 1. The quantitative estimate of drug-likeness (QED) is 0.451. The third kappa shape index (κ3) is 8.14. The summed E-state index contributed by atoms with van der Waals surface area (Å²) in [4.78, 5) is 36.8. The second-order valence-corrected chi connectivity index (χ2v) is 9.44. The molecule has 0 saturated heterocycles. The molecular weight excluding hydrogens is 464 g/mol. The minimum absolute atomic E-state index is 0.159. The van der Waals surface area contributed by atoms with Crippen LogP contribution >= 0.6 is 0 Å². The molecule has 0 aliphatic rings. The Morgan fingerprint density at radius 2 is 1.72 bits per heavy atom. The number of amides is 2. The van der Waals surface area contributed by atoms with E-state index < -0.39 is 40.9 Å². The van der Waals surface area contributed by atoms with Crippen LogP contribution in [0, 0.1) is 23.7 Å². The maximum absolute atomic E-state index is 12.7. The van der Waals surface area contributed by atoms with Crippen LogP contribution in [0.1, 0.15) is 69.0 Å². The molecule has 9 heteroatoms. The lowest BCUT2D eigenvalue weighted by atomic mass is 9.94. The molecule has 0 aliphatic carbocycles. The summed E-state index contributed by atoms with van der Waals surface area (Å²) < 4.78 is 10.6. The Morgan fingerprint density at radius 3 is 2.28 bits per heavy atom. The van der Waals surface area contributed by atoms with Crippen LogP contribution < -0.4 is 10.6 Å². The molecule has 4 N–H and O–H groups in total. The van der Waals surface area contributed by atoms with Gasteiger partial charge in [0.15, 0.2) is 5.76 Å². The van der Waals surface area contributed by atoms with E-state index >= 15 is 0 Å². The first-order valence-electron chi connectivity index (χ1n) is 11.2. The molecule has 0 bridgehead atoms. The van der Waals surface area contributed by atoms with Gasteiger partial charge in [-0.3, -0.25) is 4.79 Å².